The summed E-state index contributed by atoms with van der Waals surface area (Å²) >= 11 is 0. The number of hydrogen-bond acceptors (Lipinski definition) is 6. The largest absolute Gasteiger partial charge is 0.496 e. The Morgan fingerprint density at radius 3 is 2.61 bits per heavy atom. The van der Waals surface area contributed by atoms with Crippen molar-refractivity contribution in [2.75, 3.05) is 17.7 Å². The van der Waals surface area contributed by atoms with Gasteiger partial charge in [0.1, 0.15) is 17.9 Å². The van der Waals surface area contributed by atoms with Gasteiger partial charge in [0, 0.05) is 23.2 Å². The molecule has 0 saturated carbocycles. The second-order valence-corrected chi connectivity index (χ2v) is 7.48. The highest BCUT2D eigenvalue weighted by Crippen LogP contribution is 2.23. The van der Waals surface area contributed by atoms with E-state index in [1.54, 1.807) is 37.4 Å². The van der Waals surface area contributed by atoms with E-state index in [0.29, 0.717) is 40.1 Å². The van der Waals surface area contributed by atoms with E-state index < -0.39 is 5.91 Å². The lowest BCUT2D eigenvalue weighted by Gasteiger charge is -2.12. The standard InChI is InChI=1S/C25H23N5O3/c1-15-11-17(9-10-21(15)33-2)25(32)30-18-6-3-5-16(12-18)13-27-24-20-8-4-7-19(23(26)31)22(20)28-14-29-24/h3-12,14H,13H2,1-2H3,(H2,26,31)(H,30,32)(H,27,28,29). The number of rotatable bonds is 7. The number of benzene rings is 3. The number of nitrogens with two attached hydrogens (primary N) is 1. The van der Waals surface area contributed by atoms with Crippen LogP contribution in [0, 0.1) is 6.92 Å². The van der Waals surface area contributed by atoms with Gasteiger partial charge in [0.05, 0.1) is 18.2 Å². The summed E-state index contributed by atoms with van der Waals surface area (Å²) in [4.78, 5) is 32.9. The second kappa shape index (κ2) is 9.35. The number of methoxy groups -OCH3 is 1. The van der Waals surface area contributed by atoms with Crippen molar-refractivity contribution in [2.45, 2.75) is 13.5 Å². The zero-order valence-electron chi connectivity index (χ0n) is 18.3. The molecule has 0 spiro atoms. The van der Waals surface area contributed by atoms with Gasteiger partial charge in [-0.3, -0.25) is 9.59 Å². The number of ether oxygens (including phenoxy) is 1. The third-order valence-electron chi connectivity index (χ3n) is 5.23. The molecule has 1 aromatic heterocycles. The Labute approximate surface area is 190 Å². The van der Waals surface area contributed by atoms with Crippen molar-refractivity contribution in [1.82, 2.24) is 9.97 Å². The molecule has 8 heteroatoms. The first-order valence-corrected chi connectivity index (χ1v) is 10.3. The zero-order valence-corrected chi connectivity index (χ0v) is 18.3. The Kier molecular flexibility index (Phi) is 6.17. The van der Waals surface area contributed by atoms with Crippen LogP contribution in [-0.4, -0.2) is 28.9 Å². The zero-order chi connectivity index (χ0) is 23.4. The number of nitrogens with one attached hydrogen (secondary N) is 2. The number of amides is 2. The summed E-state index contributed by atoms with van der Waals surface area (Å²) in [5, 5.41) is 6.90. The Morgan fingerprint density at radius 1 is 1.03 bits per heavy atom. The van der Waals surface area contributed by atoms with E-state index in [9.17, 15) is 9.59 Å². The fraction of sp³-hybridized carbons (Fsp3) is 0.120. The molecule has 0 fully saturated rings. The quantitative estimate of drug-likeness (QED) is 0.400. The van der Waals surface area contributed by atoms with Gasteiger partial charge in [0.2, 0.25) is 0 Å². The van der Waals surface area contributed by atoms with Crippen LogP contribution in [0.2, 0.25) is 0 Å². The van der Waals surface area contributed by atoms with Crippen LogP contribution in [0.3, 0.4) is 0 Å². The van der Waals surface area contributed by atoms with Crippen LogP contribution in [0.15, 0.2) is 67.0 Å². The molecule has 0 aliphatic heterocycles. The summed E-state index contributed by atoms with van der Waals surface area (Å²) in [6, 6.07) is 18.0. The summed E-state index contributed by atoms with van der Waals surface area (Å²) in [7, 11) is 1.60. The minimum atomic E-state index is -0.541. The number of carbonyl (C=O) groups excluding carboxylic acids is 2. The third-order valence-corrected chi connectivity index (χ3v) is 5.23. The minimum absolute atomic E-state index is 0.202. The van der Waals surface area contributed by atoms with Crippen LogP contribution in [0.5, 0.6) is 5.75 Å². The lowest BCUT2D eigenvalue weighted by atomic mass is 10.1. The van der Waals surface area contributed by atoms with Crippen molar-refractivity contribution in [1.29, 1.82) is 0 Å². The molecule has 0 radical (unpaired) electrons. The predicted octanol–water partition coefficient (Wildman–Crippen LogP) is 3.91. The number of carbonyl (C=O) groups is 2. The lowest BCUT2D eigenvalue weighted by Crippen LogP contribution is -2.13. The number of aromatic nitrogens is 2. The van der Waals surface area contributed by atoms with E-state index in [1.165, 1.54) is 6.33 Å². The number of aryl methyl sites for hydroxylation is 1. The molecule has 8 nitrogen and oxygen atoms in total. The maximum absolute atomic E-state index is 12.7. The number of fused-ring (bicyclic) bond motifs is 1. The van der Waals surface area contributed by atoms with Gasteiger partial charge in [-0.25, -0.2) is 9.97 Å². The van der Waals surface area contributed by atoms with E-state index >= 15 is 0 Å². The van der Waals surface area contributed by atoms with E-state index in [-0.39, 0.29) is 5.91 Å². The van der Waals surface area contributed by atoms with Crippen LogP contribution in [-0.2, 0) is 6.54 Å². The first-order chi connectivity index (χ1) is 16.0. The van der Waals surface area contributed by atoms with Crippen molar-refractivity contribution >= 4 is 34.2 Å². The molecule has 4 N–H and O–H groups in total. The number of hydrogen-bond donors (Lipinski definition) is 3. The summed E-state index contributed by atoms with van der Waals surface area (Å²) in [5.74, 6) is 0.582. The number of anilines is 2. The molecular formula is C25H23N5O3. The Hall–Kier alpha value is -4.46. The SMILES string of the molecule is COc1ccc(C(=O)Nc2cccc(CNc3ncnc4c(C(N)=O)cccc34)c2)cc1C. The predicted molar refractivity (Wildman–Crippen MR) is 128 cm³/mol. The maximum Gasteiger partial charge on any atom is 0.255 e. The molecule has 0 saturated heterocycles. The maximum atomic E-state index is 12.7. The van der Waals surface area contributed by atoms with Crippen LogP contribution in [0.4, 0.5) is 11.5 Å². The summed E-state index contributed by atoms with van der Waals surface area (Å²) in [6.07, 6.45) is 1.39. The highest BCUT2D eigenvalue weighted by Gasteiger charge is 2.12. The molecule has 3 aromatic carbocycles. The highest BCUT2D eigenvalue weighted by molar-refractivity contribution is 6.07. The van der Waals surface area contributed by atoms with Crippen molar-refractivity contribution in [2.24, 2.45) is 5.73 Å². The molecule has 4 rings (SSSR count). The minimum Gasteiger partial charge on any atom is -0.496 e. The molecule has 0 aliphatic rings. The Balaban J connectivity index is 1.49. The molecule has 0 unspecified atom stereocenters. The molecule has 0 atom stereocenters. The van der Waals surface area contributed by atoms with Gasteiger partial charge in [0.25, 0.3) is 11.8 Å². The topological polar surface area (TPSA) is 119 Å². The fourth-order valence-corrected chi connectivity index (χ4v) is 3.60. The van der Waals surface area contributed by atoms with Crippen LogP contribution in [0.25, 0.3) is 10.9 Å². The number of primary amides is 1. The van der Waals surface area contributed by atoms with Gasteiger partial charge in [-0.2, -0.15) is 0 Å². The molecular weight excluding hydrogens is 418 g/mol. The third kappa shape index (κ3) is 4.74. The Morgan fingerprint density at radius 2 is 1.85 bits per heavy atom. The van der Waals surface area contributed by atoms with Gasteiger partial charge in [-0.1, -0.05) is 18.2 Å². The van der Waals surface area contributed by atoms with Gasteiger partial charge >= 0.3 is 0 Å². The fourth-order valence-electron chi connectivity index (χ4n) is 3.60. The summed E-state index contributed by atoms with van der Waals surface area (Å²) < 4.78 is 5.25. The van der Waals surface area contributed by atoms with E-state index in [0.717, 1.165) is 16.9 Å². The van der Waals surface area contributed by atoms with Crippen molar-refractivity contribution in [3.8, 4) is 5.75 Å². The average molecular weight is 441 g/mol. The molecule has 2 amide bonds. The summed E-state index contributed by atoms with van der Waals surface area (Å²) in [5.41, 5.74) is 9.36. The normalized spacial score (nSPS) is 10.6. The number of nitrogens with zero attached hydrogens (tertiary/aromatic N) is 2. The Bertz CT molecular complexity index is 1350. The van der Waals surface area contributed by atoms with Gasteiger partial charge in [-0.15, -0.1) is 0 Å². The summed E-state index contributed by atoms with van der Waals surface area (Å²) in [6.45, 7) is 2.35. The van der Waals surface area contributed by atoms with Gasteiger partial charge in [-0.05, 0) is 60.5 Å². The van der Waals surface area contributed by atoms with Crippen LogP contribution in [0.1, 0.15) is 31.8 Å². The van der Waals surface area contributed by atoms with Crippen LogP contribution >= 0.6 is 0 Å². The van der Waals surface area contributed by atoms with Crippen molar-refractivity contribution < 1.29 is 14.3 Å². The van der Waals surface area contributed by atoms with E-state index in [2.05, 4.69) is 20.6 Å². The second-order valence-electron chi connectivity index (χ2n) is 7.48. The van der Waals surface area contributed by atoms with E-state index in [1.807, 2.05) is 37.3 Å². The molecule has 0 aliphatic carbocycles. The van der Waals surface area contributed by atoms with Crippen LogP contribution < -0.4 is 21.1 Å². The van der Waals surface area contributed by atoms with E-state index in [4.69, 9.17) is 10.5 Å². The number of para-hydroxylation sites is 1. The first-order valence-electron chi connectivity index (χ1n) is 10.3. The molecule has 1 heterocycles. The van der Waals surface area contributed by atoms with Gasteiger partial charge in [0.15, 0.2) is 0 Å². The molecule has 33 heavy (non-hydrogen) atoms. The average Bonchev–Trinajstić information content (AvgIpc) is 2.82. The van der Waals surface area contributed by atoms with Crippen molar-refractivity contribution in [3.63, 3.8) is 0 Å². The molecule has 0 bridgehead atoms. The monoisotopic (exact) mass is 441 g/mol. The highest BCUT2D eigenvalue weighted by atomic mass is 16.5. The smallest absolute Gasteiger partial charge is 0.255 e. The van der Waals surface area contributed by atoms with Gasteiger partial charge < -0.3 is 21.1 Å². The van der Waals surface area contributed by atoms with Crippen molar-refractivity contribution in [3.05, 3.63) is 89.2 Å². The molecule has 4 aromatic rings. The molecule has 166 valence electrons. The lowest BCUT2D eigenvalue weighted by molar-refractivity contribution is 0.0998. The first kappa shape index (κ1) is 21.8.